The van der Waals surface area contributed by atoms with Crippen LogP contribution >= 0.6 is 0 Å². The maximum absolute atomic E-state index is 15.3. The fourth-order valence-electron chi connectivity index (χ4n) is 10.9. The average Bonchev–Trinajstić information content (AvgIpc) is 1.79. The number of nitrogens with one attached hydrogen (secondary N) is 8. The maximum atomic E-state index is 15.3. The molecule has 0 fully saturated rings. The maximum Gasteiger partial charge on any atom is 0.330 e. The number of H-pyrrole nitrogens is 3. The Bertz CT molecular complexity index is 3330. The van der Waals surface area contributed by atoms with E-state index in [9.17, 15) is 28.8 Å². The molecule has 0 unspecified atom stereocenters. The summed E-state index contributed by atoms with van der Waals surface area (Å²) < 4.78 is 5.29. The summed E-state index contributed by atoms with van der Waals surface area (Å²) in [5.41, 5.74) is 21.2. The van der Waals surface area contributed by atoms with Crippen molar-refractivity contribution in [3.63, 3.8) is 0 Å². The van der Waals surface area contributed by atoms with Gasteiger partial charge >= 0.3 is 5.97 Å². The molecule has 2 aliphatic heterocycles. The molecule has 0 saturated heterocycles. The molecule has 6 amide bonds. The molecule has 2 aliphatic rings. The first-order valence-electron chi connectivity index (χ1n) is 31.0. The largest absolute Gasteiger partial charge is 0.467 e. The normalized spacial score (nSPS) is 14.1. The lowest BCUT2D eigenvalue weighted by Gasteiger charge is -2.35. The number of methoxy groups -OCH3 is 1. The molecular formula is C66H95N13O8. The highest BCUT2D eigenvalue weighted by atomic mass is 16.5. The Kier molecular flexibility index (Phi) is 24.8. The van der Waals surface area contributed by atoms with Gasteiger partial charge in [0.05, 0.1) is 47.9 Å². The summed E-state index contributed by atoms with van der Waals surface area (Å²) in [6.45, 7) is 25.7. The van der Waals surface area contributed by atoms with Crippen molar-refractivity contribution in [2.45, 2.75) is 197 Å². The van der Waals surface area contributed by atoms with Gasteiger partial charge in [0.2, 0.25) is 29.5 Å². The van der Waals surface area contributed by atoms with Gasteiger partial charge in [-0.2, -0.15) is 0 Å². The van der Waals surface area contributed by atoms with E-state index >= 15 is 4.79 Å². The van der Waals surface area contributed by atoms with Crippen LogP contribution in [0.15, 0.2) is 42.9 Å². The van der Waals surface area contributed by atoms with Crippen LogP contribution in [0.5, 0.6) is 0 Å². The van der Waals surface area contributed by atoms with Gasteiger partial charge in [0, 0.05) is 54.1 Å². The minimum absolute atomic E-state index is 0.00798. The molecule has 0 aromatic carbocycles. The number of allylic oxidation sites excluding steroid dienone is 3. The first-order chi connectivity index (χ1) is 41.3. The summed E-state index contributed by atoms with van der Waals surface area (Å²) in [5, 5.41) is 12.6. The number of nitrogens with zero attached hydrogens (tertiary/aromatic N) is 4. The van der Waals surface area contributed by atoms with E-state index in [2.05, 4.69) is 59.6 Å². The van der Waals surface area contributed by atoms with Crippen LogP contribution in [0.2, 0.25) is 0 Å². The van der Waals surface area contributed by atoms with Crippen molar-refractivity contribution in [2.24, 2.45) is 29.4 Å². The molecule has 6 heterocycles. The number of hydrogen-bond acceptors (Lipinski definition) is 12. The number of hydrazine groups is 1. The van der Waals surface area contributed by atoms with E-state index in [-0.39, 0.29) is 74.5 Å². The molecule has 21 nitrogen and oxygen atoms in total. The number of aromatic nitrogens is 6. The highest BCUT2D eigenvalue weighted by molar-refractivity contribution is 5.98. The zero-order valence-corrected chi connectivity index (χ0v) is 53.6. The summed E-state index contributed by atoms with van der Waals surface area (Å²) in [6, 6.07) is 4.20. The zero-order valence-electron chi connectivity index (χ0n) is 53.6. The van der Waals surface area contributed by atoms with Crippen LogP contribution in [-0.2, 0) is 51.1 Å². The van der Waals surface area contributed by atoms with Gasteiger partial charge in [-0.05, 0) is 160 Å². The number of hydrogen-bond donors (Lipinski definition) is 9. The topological polar surface area (TPSA) is 304 Å². The molecular weight excluding hydrogens is 1100 g/mol. The number of aryl methyl sites for hydroxylation is 3. The number of rotatable bonds is 29. The molecule has 6 rings (SSSR count). The molecule has 5 atom stereocenters. The first kappa shape index (κ1) is 68.2. The van der Waals surface area contributed by atoms with E-state index in [1.54, 1.807) is 20.0 Å². The fraction of sp³-hybridized carbons (Fsp3) is 0.545. The summed E-state index contributed by atoms with van der Waals surface area (Å²) in [7, 11) is 1.21. The SMILES string of the molecule is CCCCCCNC(=O)CCc1c(C)c2cc3nc(cc4cc(C)c(cc5nc(cc1[nH]2)C(CCC(=O)NN(C(=O)[C@H](CC(C)C)NC(=O)[C@H](CC(C)C)NC(=O)[C@H](Cc1c[nH]cn1)NC(=O)[C@@H](N)C(C)C)[C@@H](CC(C)C)C(=O)OC)=C5C)[nH]4)C(C)=C3. The van der Waals surface area contributed by atoms with Crippen LogP contribution in [-0.4, -0.2) is 120 Å². The van der Waals surface area contributed by atoms with E-state index in [0.717, 1.165) is 97.6 Å². The molecule has 21 heteroatoms. The second-order valence-electron chi connectivity index (χ2n) is 25.0. The molecule has 0 aliphatic carbocycles. The number of imidazole rings is 1. The minimum atomic E-state index is -1.30. The number of esters is 1. The molecule has 87 heavy (non-hydrogen) atoms. The third-order valence-electron chi connectivity index (χ3n) is 15.9. The van der Waals surface area contributed by atoms with Crippen molar-refractivity contribution in [1.82, 2.24) is 61.6 Å². The molecule has 10 N–H and O–H groups in total. The van der Waals surface area contributed by atoms with Crippen LogP contribution < -0.4 is 32.4 Å². The van der Waals surface area contributed by atoms with Crippen molar-refractivity contribution >= 4 is 86.3 Å². The Hall–Kier alpha value is -7.94. The Morgan fingerprint density at radius 3 is 1.99 bits per heavy atom. The number of ether oxygens (including phenoxy) is 1. The number of nitrogens with two attached hydrogens (primary N) is 1. The molecule has 0 spiro atoms. The van der Waals surface area contributed by atoms with Gasteiger partial charge in [0.1, 0.15) is 18.1 Å². The lowest BCUT2D eigenvalue weighted by Crippen LogP contribution is -2.62. The van der Waals surface area contributed by atoms with Gasteiger partial charge in [-0.1, -0.05) is 81.6 Å². The first-order valence-corrected chi connectivity index (χ1v) is 31.0. The zero-order chi connectivity index (χ0) is 63.8. The van der Waals surface area contributed by atoms with Gasteiger partial charge in [-0.25, -0.2) is 24.8 Å². The van der Waals surface area contributed by atoms with Gasteiger partial charge in [-0.3, -0.25) is 34.2 Å². The molecule has 0 saturated carbocycles. The predicted octanol–water partition coefficient (Wildman–Crippen LogP) is 8.78. The summed E-state index contributed by atoms with van der Waals surface area (Å²) in [4.78, 5) is 124. The predicted molar refractivity (Wildman–Crippen MR) is 341 cm³/mol. The Morgan fingerprint density at radius 2 is 1.33 bits per heavy atom. The number of fused-ring (bicyclic) bond motifs is 8. The fourth-order valence-corrected chi connectivity index (χ4v) is 10.9. The van der Waals surface area contributed by atoms with Crippen molar-refractivity contribution in [3.05, 3.63) is 88.0 Å². The minimum Gasteiger partial charge on any atom is -0.467 e. The monoisotopic (exact) mass is 1200 g/mol. The van der Waals surface area contributed by atoms with Crippen LogP contribution in [0.1, 0.15) is 186 Å². The standard InChI is InChI=1S/C66H95N13O8/c1-15-16-17-18-23-69-59(80)21-19-47-42(12)51-30-45-27-40(10)49(71-45)29-44-28-41(11)50(72-44)32-52-43(13)48(54(74-52)33-53(47)73-51)20-22-60(81)78-79(58(26-38(6)7)66(86)87-14)65(85)57(25-37(4)5)77-62(82)55(24-36(2)3)75-63(83)56(31-46-34-68-35-70-46)76-64(84)61(67)39(8)9/h27-30,32-39,55-58,61,72-73H,15-26,31,67H2,1-14H3,(H,68,70)(H,69,80)(H,75,83)(H,76,84)(H,77,82)(H,78,81)/t55-,56-,57-,58-,61-/m0/s1. The molecule has 4 aromatic rings. The highest BCUT2D eigenvalue weighted by Gasteiger charge is 2.39. The van der Waals surface area contributed by atoms with Gasteiger partial charge in [0.15, 0.2) is 6.04 Å². The highest BCUT2D eigenvalue weighted by Crippen LogP contribution is 2.35. The van der Waals surface area contributed by atoms with E-state index in [1.165, 1.54) is 13.4 Å². The van der Waals surface area contributed by atoms with Crippen molar-refractivity contribution in [1.29, 1.82) is 0 Å². The van der Waals surface area contributed by atoms with E-state index in [0.29, 0.717) is 30.0 Å². The number of amides is 6. The third kappa shape index (κ3) is 19.0. The van der Waals surface area contributed by atoms with Gasteiger partial charge in [-0.15, -0.1) is 0 Å². The van der Waals surface area contributed by atoms with E-state index in [4.69, 9.17) is 20.4 Å². The quantitative estimate of drug-likeness (QED) is 0.0140. The average molecular weight is 1200 g/mol. The van der Waals surface area contributed by atoms with Crippen LogP contribution in [0, 0.1) is 37.5 Å². The third-order valence-corrected chi connectivity index (χ3v) is 15.9. The number of carbonyl (C=O) groups is 7. The molecule has 472 valence electrons. The summed E-state index contributed by atoms with van der Waals surface area (Å²) in [5.74, 6) is -4.76. The molecule has 0 radical (unpaired) electrons. The van der Waals surface area contributed by atoms with Crippen molar-refractivity contribution in [2.75, 3.05) is 13.7 Å². The molecule has 8 bridgehead atoms. The Balaban J connectivity index is 1.35. The Labute approximate surface area is 512 Å². The Morgan fingerprint density at radius 1 is 0.678 bits per heavy atom. The smallest absolute Gasteiger partial charge is 0.330 e. The second-order valence-corrected chi connectivity index (χ2v) is 25.0. The van der Waals surface area contributed by atoms with E-state index < -0.39 is 65.7 Å². The lowest BCUT2D eigenvalue weighted by molar-refractivity contribution is -0.160. The van der Waals surface area contributed by atoms with Gasteiger partial charge < -0.3 is 46.7 Å². The summed E-state index contributed by atoms with van der Waals surface area (Å²) >= 11 is 0. The summed E-state index contributed by atoms with van der Waals surface area (Å²) in [6.07, 6.45) is 10.3. The lowest BCUT2D eigenvalue weighted by atomic mass is 9.98. The number of unbranched alkanes of at least 4 members (excludes halogenated alkanes) is 3. The van der Waals surface area contributed by atoms with Crippen molar-refractivity contribution in [3.8, 4) is 0 Å². The second kappa shape index (κ2) is 31.6. The molecule has 4 aromatic heterocycles. The number of aromatic amines is 3. The van der Waals surface area contributed by atoms with E-state index in [1.807, 2.05) is 99.6 Å². The van der Waals surface area contributed by atoms with Crippen LogP contribution in [0.25, 0.3) is 44.9 Å². The number of carbonyl (C=O) groups excluding carboxylic acids is 7. The van der Waals surface area contributed by atoms with Crippen LogP contribution in [0.4, 0.5) is 0 Å². The van der Waals surface area contributed by atoms with Gasteiger partial charge in [0.25, 0.3) is 5.91 Å². The van der Waals surface area contributed by atoms with Crippen LogP contribution in [0.3, 0.4) is 0 Å². The van der Waals surface area contributed by atoms with Crippen molar-refractivity contribution < 1.29 is 38.3 Å².